The molecule has 0 aliphatic carbocycles. The Hall–Kier alpha value is -2.77. The zero-order chi connectivity index (χ0) is 18.0. The van der Waals surface area contributed by atoms with Gasteiger partial charge in [-0.15, -0.1) is 0 Å². The zero-order valence-corrected chi connectivity index (χ0v) is 14.0. The summed E-state index contributed by atoms with van der Waals surface area (Å²) in [6, 6.07) is 3.81. The lowest BCUT2D eigenvalue weighted by molar-refractivity contribution is -0.133. The average molecular weight is 360 g/mol. The molecule has 0 aromatic carbocycles. The van der Waals surface area contributed by atoms with Crippen LogP contribution in [0.2, 0.25) is 0 Å². The summed E-state index contributed by atoms with van der Waals surface area (Å²) >= 11 is 1.03. The van der Waals surface area contributed by atoms with E-state index in [-0.39, 0.29) is 17.4 Å². The molecule has 2 aromatic rings. The minimum absolute atomic E-state index is 0.125. The van der Waals surface area contributed by atoms with Crippen LogP contribution in [-0.4, -0.2) is 53.1 Å². The molecule has 2 aromatic heterocycles. The number of carboxylic acid groups (broad SMARTS) is 1. The predicted molar refractivity (Wildman–Crippen MR) is 94.5 cm³/mol. The molecule has 1 saturated heterocycles. The molecule has 0 unspecified atom stereocenters. The van der Waals surface area contributed by atoms with Gasteiger partial charge in [0.05, 0.1) is 29.4 Å². The maximum absolute atomic E-state index is 10.8. The van der Waals surface area contributed by atoms with Crippen molar-refractivity contribution in [2.75, 3.05) is 48.4 Å². The number of carbonyl (C=O) groups is 1. The third kappa shape index (κ3) is 3.38. The number of rotatable bonds is 4. The molecule has 0 radical (unpaired) electrons. The van der Waals surface area contributed by atoms with Gasteiger partial charge >= 0.3 is 5.97 Å². The highest BCUT2D eigenvalue weighted by atomic mass is 32.2. The lowest BCUT2D eigenvalue weighted by atomic mass is 10.1. The largest absolute Gasteiger partial charge is 0.481 e. The van der Waals surface area contributed by atoms with Crippen molar-refractivity contribution in [2.24, 2.45) is 0 Å². The van der Waals surface area contributed by atoms with E-state index in [9.17, 15) is 10.1 Å². The fraction of sp³-hybridized carbons (Fsp3) is 0.333. The van der Waals surface area contributed by atoms with E-state index in [2.05, 4.69) is 16.0 Å². The van der Waals surface area contributed by atoms with E-state index in [1.54, 1.807) is 6.07 Å². The third-order valence-corrected chi connectivity index (χ3v) is 4.66. The first-order chi connectivity index (χ1) is 12.0. The van der Waals surface area contributed by atoms with E-state index in [1.165, 1.54) is 0 Å². The Morgan fingerprint density at radius 2 is 2.04 bits per heavy atom. The molecule has 10 heteroatoms. The van der Waals surface area contributed by atoms with E-state index in [0.717, 1.165) is 11.8 Å². The molecule has 0 atom stereocenters. The summed E-state index contributed by atoms with van der Waals surface area (Å²) in [5.41, 5.74) is 12.4. The lowest BCUT2D eigenvalue weighted by Gasteiger charge is -2.29. The summed E-state index contributed by atoms with van der Waals surface area (Å²) in [5, 5.41) is 19.9. The fourth-order valence-corrected chi connectivity index (χ4v) is 3.31. The van der Waals surface area contributed by atoms with E-state index in [4.69, 9.17) is 21.3 Å². The number of nitrogens with zero attached hydrogens (tertiary/aromatic N) is 4. The summed E-state index contributed by atoms with van der Waals surface area (Å²) in [7, 11) is 0. The first-order valence-electron chi connectivity index (χ1n) is 7.48. The van der Waals surface area contributed by atoms with Crippen molar-refractivity contribution in [2.45, 2.75) is 5.03 Å². The van der Waals surface area contributed by atoms with Crippen LogP contribution >= 0.6 is 11.8 Å². The highest BCUT2D eigenvalue weighted by Crippen LogP contribution is 2.35. The summed E-state index contributed by atoms with van der Waals surface area (Å²) in [4.78, 5) is 21.3. The maximum Gasteiger partial charge on any atom is 0.313 e. The number of carboxylic acids is 1. The second kappa shape index (κ2) is 7.00. The van der Waals surface area contributed by atoms with Gasteiger partial charge in [0.1, 0.15) is 29.1 Å². The Morgan fingerprint density at radius 3 is 2.68 bits per heavy atom. The van der Waals surface area contributed by atoms with Crippen LogP contribution in [0.15, 0.2) is 11.1 Å². The number of morpholine rings is 1. The van der Waals surface area contributed by atoms with Crippen molar-refractivity contribution in [1.29, 1.82) is 5.26 Å². The van der Waals surface area contributed by atoms with Crippen LogP contribution in [0, 0.1) is 11.3 Å². The number of nitriles is 1. The quantitative estimate of drug-likeness (QED) is 0.664. The Kier molecular flexibility index (Phi) is 4.78. The number of hydrogen-bond donors (Lipinski definition) is 3. The zero-order valence-electron chi connectivity index (χ0n) is 13.2. The van der Waals surface area contributed by atoms with Crippen LogP contribution in [0.5, 0.6) is 0 Å². The smallest absolute Gasteiger partial charge is 0.313 e. The van der Waals surface area contributed by atoms with Gasteiger partial charge in [0.15, 0.2) is 0 Å². The molecule has 0 amide bonds. The van der Waals surface area contributed by atoms with Crippen LogP contribution in [0.3, 0.4) is 0 Å². The molecule has 130 valence electrons. The minimum atomic E-state index is -0.964. The second-order valence-electron chi connectivity index (χ2n) is 5.36. The molecule has 25 heavy (non-hydrogen) atoms. The van der Waals surface area contributed by atoms with E-state index in [1.807, 2.05) is 4.90 Å². The molecule has 1 fully saturated rings. The number of aliphatic carboxylic acids is 1. The maximum atomic E-state index is 10.8. The number of thioether (sulfide) groups is 1. The van der Waals surface area contributed by atoms with Crippen molar-refractivity contribution >= 4 is 46.0 Å². The van der Waals surface area contributed by atoms with Crippen LogP contribution in [0.4, 0.5) is 17.5 Å². The normalized spacial score (nSPS) is 14.4. The molecule has 0 bridgehead atoms. The Balaban J connectivity index is 2.16. The Labute approximate surface area is 147 Å². The van der Waals surface area contributed by atoms with Crippen molar-refractivity contribution < 1.29 is 14.6 Å². The third-order valence-electron chi connectivity index (χ3n) is 3.77. The summed E-state index contributed by atoms with van der Waals surface area (Å²) in [6.07, 6.45) is 0. The average Bonchev–Trinajstić information content (AvgIpc) is 2.60. The van der Waals surface area contributed by atoms with Gasteiger partial charge in [0.2, 0.25) is 0 Å². The molecule has 3 rings (SSSR count). The number of nitrogen functional groups attached to an aromatic ring is 2. The van der Waals surface area contributed by atoms with Crippen molar-refractivity contribution in [1.82, 2.24) is 9.97 Å². The number of pyridine rings is 2. The van der Waals surface area contributed by atoms with Gasteiger partial charge in [-0.1, -0.05) is 11.8 Å². The molecular formula is C15H16N6O3S. The molecule has 5 N–H and O–H groups in total. The highest BCUT2D eigenvalue weighted by Gasteiger charge is 2.22. The Morgan fingerprint density at radius 1 is 1.36 bits per heavy atom. The second-order valence-corrected chi connectivity index (χ2v) is 6.35. The predicted octanol–water partition coefficient (Wildman–Crippen LogP) is 0.679. The molecule has 1 aliphatic rings. The molecule has 0 saturated carbocycles. The molecule has 9 nitrogen and oxygen atoms in total. The molecule has 1 aliphatic heterocycles. The van der Waals surface area contributed by atoms with Gasteiger partial charge in [-0.25, -0.2) is 9.97 Å². The van der Waals surface area contributed by atoms with Gasteiger partial charge in [-0.05, 0) is 6.07 Å². The van der Waals surface area contributed by atoms with Crippen LogP contribution in [0.1, 0.15) is 5.56 Å². The number of hydrogen-bond acceptors (Lipinski definition) is 9. The molecular weight excluding hydrogens is 344 g/mol. The molecule has 0 spiro atoms. The van der Waals surface area contributed by atoms with Crippen molar-refractivity contribution in [3.63, 3.8) is 0 Å². The first kappa shape index (κ1) is 17.1. The van der Waals surface area contributed by atoms with Gasteiger partial charge in [0, 0.05) is 18.5 Å². The standard InChI is InChI=1S/C15H16N6O3S/c16-6-9-8-5-10(25-7-11(22)23)19-13(17)12(8)14(18)20-15(9)21-1-3-24-4-2-21/h5H,1-4,7H2,(H2,17,19)(H2,18,20)(H,22,23). The van der Waals surface area contributed by atoms with Crippen molar-refractivity contribution in [3.05, 3.63) is 11.6 Å². The van der Waals surface area contributed by atoms with Gasteiger partial charge in [-0.3, -0.25) is 4.79 Å². The summed E-state index contributed by atoms with van der Waals surface area (Å²) in [6.45, 7) is 2.30. The van der Waals surface area contributed by atoms with E-state index >= 15 is 0 Å². The Bertz CT molecular complexity index is 876. The first-order valence-corrected chi connectivity index (χ1v) is 8.47. The van der Waals surface area contributed by atoms with Gasteiger partial charge < -0.3 is 26.2 Å². The van der Waals surface area contributed by atoms with E-state index < -0.39 is 5.97 Å². The number of anilines is 3. The highest BCUT2D eigenvalue weighted by molar-refractivity contribution is 7.99. The monoisotopic (exact) mass is 360 g/mol. The summed E-state index contributed by atoms with van der Waals surface area (Å²) < 4.78 is 5.33. The topological polar surface area (TPSA) is 151 Å². The number of aromatic nitrogens is 2. The van der Waals surface area contributed by atoms with Gasteiger partial charge in [0.25, 0.3) is 0 Å². The number of fused-ring (bicyclic) bond motifs is 1. The van der Waals surface area contributed by atoms with Crippen LogP contribution < -0.4 is 16.4 Å². The lowest BCUT2D eigenvalue weighted by Crippen LogP contribution is -2.37. The number of nitrogens with two attached hydrogens (primary N) is 2. The summed E-state index contributed by atoms with van der Waals surface area (Å²) in [5.74, 6) is -0.322. The van der Waals surface area contributed by atoms with E-state index in [0.29, 0.717) is 53.5 Å². The van der Waals surface area contributed by atoms with Crippen molar-refractivity contribution in [3.8, 4) is 6.07 Å². The fourth-order valence-electron chi connectivity index (χ4n) is 2.68. The van der Waals surface area contributed by atoms with Gasteiger partial charge in [-0.2, -0.15) is 5.26 Å². The molecule has 3 heterocycles. The number of ether oxygens (including phenoxy) is 1. The van der Waals surface area contributed by atoms with Crippen LogP contribution in [-0.2, 0) is 9.53 Å². The SMILES string of the molecule is N#Cc1c(N2CCOCC2)nc(N)c2c(N)nc(SCC(=O)O)cc12. The van der Waals surface area contributed by atoms with Crippen LogP contribution in [0.25, 0.3) is 10.8 Å². The minimum Gasteiger partial charge on any atom is -0.481 e.